The first kappa shape index (κ1) is 14.8. The normalized spacial score (nSPS) is 10.2. The van der Waals surface area contributed by atoms with Crippen LogP contribution in [0.15, 0.2) is 39.5 Å². The Morgan fingerprint density at radius 1 is 1.20 bits per heavy atom. The number of benzene rings is 1. The Balaban J connectivity index is 2.40. The van der Waals surface area contributed by atoms with E-state index in [4.69, 9.17) is 14.6 Å². The van der Waals surface area contributed by atoms with E-state index in [1.807, 2.05) is 0 Å². The highest BCUT2D eigenvalue weighted by Crippen LogP contribution is 2.38. The summed E-state index contributed by atoms with van der Waals surface area (Å²) in [4.78, 5) is 15.0. The molecular weight excluding hydrogens is 394 g/mol. The Morgan fingerprint density at radius 3 is 2.50 bits per heavy atom. The lowest BCUT2D eigenvalue weighted by molar-refractivity contribution is 0.0694. The van der Waals surface area contributed by atoms with E-state index in [2.05, 4.69) is 36.8 Å². The van der Waals surface area contributed by atoms with E-state index in [-0.39, 0.29) is 11.3 Å². The van der Waals surface area contributed by atoms with Gasteiger partial charge in [0.2, 0.25) is 0 Å². The third kappa shape index (κ3) is 3.10. The van der Waals surface area contributed by atoms with Crippen LogP contribution < -0.4 is 9.47 Å². The molecule has 1 aromatic carbocycles. The molecule has 1 heterocycles. The topological polar surface area (TPSA) is 68.7 Å². The van der Waals surface area contributed by atoms with Crippen molar-refractivity contribution in [2.75, 3.05) is 7.11 Å². The molecule has 1 N–H and O–H groups in total. The molecular formula is C13H9Br2NO4. The van der Waals surface area contributed by atoms with Crippen molar-refractivity contribution < 1.29 is 19.4 Å². The lowest BCUT2D eigenvalue weighted by atomic mass is 10.2. The SMILES string of the molecule is COc1cc(Br)c(Oc2cnccc2C(=O)O)cc1Br. The molecule has 1 aromatic heterocycles. The molecule has 0 bridgehead atoms. The molecule has 0 unspecified atom stereocenters. The first-order valence-corrected chi connectivity index (χ1v) is 6.99. The van der Waals surface area contributed by atoms with Crippen LogP contribution in [0.25, 0.3) is 0 Å². The number of rotatable bonds is 4. The molecule has 7 heteroatoms. The van der Waals surface area contributed by atoms with Crippen LogP contribution in [0.4, 0.5) is 0 Å². The molecule has 0 amide bonds. The van der Waals surface area contributed by atoms with Crippen molar-refractivity contribution in [2.45, 2.75) is 0 Å². The molecule has 2 aromatic rings. The Bertz CT molecular complexity index is 661. The van der Waals surface area contributed by atoms with E-state index < -0.39 is 5.97 Å². The van der Waals surface area contributed by atoms with Crippen LogP contribution in [-0.2, 0) is 0 Å². The van der Waals surface area contributed by atoms with Gasteiger partial charge in [-0.2, -0.15) is 0 Å². The van der Waals surface area contributed by atoms with E-state index >= 15 is 0 Å². The molecule has 20 heavy (non-hydrogen) atoms. The van der Waals surface area contributed by atoms with Crippen LogP contribution in [0.2, 0.25) is 0 Å². The van der Waals surface area contributed by atoms with Crippen molar-refractivity contribution in [1.82, 2.24) is 4.98 Å². The third-order valence-electron chi connectivity index (χ3n) is 2.44. The van der Waals surface area contributed by atoms with E-state index in [1.54, 1.807) is 19.2 Å². The summed E-state index contributed by atoms with van der Waals surface area (Å²) in [6, 6.07) is 4.78. The minimum Gasteiger partial charge on any atom is -0.496 e. The summed E-state index contributed by atoms with van der Waals surface area (Å²) >= 11 is 6.69. The Hall–Kier alpha value is -1.60. The zero-order valence-corrected chi connectivity index (χ0v) is 13.4. The minimum atomic E-state index is -1.08. The highest BCUT2D eigenvalue weighted by molar-refractivity contribution is 9.11. The number of hydrogen-bond donors (Lipinski definition) is 1. The summed E-state index contributed by atoms with van der Waals surface area (Å²) in [7, 11) is 1.55. The van der Waals surface area contributed by atoms with Gasteiger partial charge in [-0.05, 0) is 50.1 Å². The number of methoxy groups -OCH3 is 1. The van der Waals surface area contributed by atoms with Gasteiger partial charge in [0.05, 0.1) is 22.3 Å². The van der Waals surface area contributed by atoms with Gasteiger partial charge in [-0.1, -0.05) is 0 Å². The largest absolute Gasteiger partial charge is 0.496 e. The number of carbonyl (C=O) groups is 1. The van der Waals surface area contributed by atoms with Gasteiger partial charge in [-0.25, -0.2) is 4.79 Å². The summed E-state index contributed by atoms with van der Waals surface area (Å²) in [5.41, 5.74) is 0.0406. The number of pyridine rings is 1. The molecule has 0 aliphatic rings. The zero-order chi connectivity index (χ0) is 14.7. The number of ether oxygens (including phenoxy) is 2. The van der Waals surface area contributed by atoms with Crippen molar-refractivity contribution in [3.05, 3.63) is 45.1 Å². The highest BCUT2D eigenvalue weighted by atomic mass is 79.9. The second kappa shape index (κ2) is 6.23. The lowest BCUT2D eigenvalue weighted by Crippen LogP contribution is -2.00. The summed E-state index contributed by atoms with van der Waals surface area (Å²) < 4.78 is 12.1. The molecule has 0 aliphatic heterocycles. The predicted molar refractivity (Wildman–Crippen MR) is 79.7 cm³/mol. The van der Waals surface area contributed by atoms with Crippen molar-refractivity contribution in [2.24, 2.45) is 0 Å². The predicted octanol–water partition coefficient (Wildman–Crippen LogP) is 4.11. The standard InChI is InChI=1S/C13H9Br2NO4/c1-19-10-4-9(15)11(5-8(10)14)20-12-6-16-3-2-7(12)13(17)18/h2-6H,1H3,(H,17,18). The Kier molecular flexibility index (Phi) is 4.61. The van der Waals surface area contributed by atoms with Gasteiger partial charge in [0, 0.05) is 6.20 Å². The van der Waals surface area contributed by atoms with Crippen LogP contribution in [0.5, 0.6) is 17.2 Å². The van der Waals surface area contributed by atoms with E-state index in [0.717, 1.165) is 0 Å². The number of aromatic nitrogens is 1. The number of halogens is 2. The summed E-state index contributed by atoms with van der Waals surface area (Å²) in [6.07, 6.45) is 2.75. The number of carboxylic acids is 1. The fourth-order valence-electron chi connectivity index (χ4n) is 1.50. The molecule has 0 saturated heterocycles. The maximum atomic E-state index is 11.1. The van der Waals surface area contributed by atoms with Gasteiger partial charge in [0.1, 0.15) is 17.1 Å². The second-order valence-electron chi connectivity index (χ2n) is 3.70. The molecule has 0 saturated carbocycles. The average molecular weight is 403 g/mol. The Labute approximate surface area is 131 Å². The minimum absolute atomic E-state index is 0.0406. The molecule has 0 radical (unpaired) electrons. The molecule has 5 nitrogen and oxygen atoms in total. The summed E-state index contributed by atoms with van der Waals surface area (Å²) in [6.45, 7) is 0. The fraction of sp³-hybridized carbons (Fsp3) is 0.0769. The lowest BCUT2D eigenvalue weighted by Gasteiger charge is -2.12. The van der Waals surface area contributed by atoms with E-state index in [0.29, 0.717) is 20.4 Å². The van der Waals surface area contributed by atoms with Crippen LogP contribution in [0, 0.1) is 0 Å². The van der Waals surface area contributed by atoms with E-state index in [1.165, 1.54) is 18.5 Å². The van der Waals surface area contributed by atoms with Gasteiger partial charge < -0.3 is 14.6 Å². The van der Waals surface area contributed by atoms with Gasteiger partial charge in [-0.15, -0.1) is 0 Å². The van der Waals surface area contributed by atoms with Gasteiger partial charge in [0.15, 0.2) is 5.75 Å². The highest BCUT2D eigenvalue weighted by Gasteiger charge is 2.14. The molecule has 0 atom stereocenters. The average Bonchev–Trinajstić information content (AvgIpc) is 2.42. The third-order valence-corrected chi connectivity index (χ3v) is 3.68. The molecule has 0 spiro atoms. The number of hydrogen-bond acceptors (Lipinski definition) is 4. The quantitative estimate of drug-likeness (QED) is 0.833. The smallest absolute Gasteiger partial charge is 0.339 e. The maximum absolute atomic E-state index is 11.1. The number of aromatic carboxylic acids is 1. The van der Waals surface area contributed by atoms with Crippen LogP contribution in [0.3, 0.4) is 0 Å². The fourth-order valence-corrected chi connectivity index (χ4v) is 2.39. The van der Waals surface area contributed by atoms with Gasteiger partial charge in [0.25, 0.3) is 0 Å². The monoisotopic (exact) mass is 401 g/mol. The van der Waals surface area contributed by atoms with Crippen molar-refractivity contribution in [3.63, 3.8) is 0 Å². The first-order valence-electron chi connectivity index (χ1n) is 5.41. The van der Waals surface area contributed by atoms with Crippen molar-refractivity contribution in [3.8, 4) is 17.2 Å². The molecule has 0 fully saturated rings. The Morgan fingerprint density at radius 2 is 1.85 bits per heavy atom. The first-order chi connectivity index (χ1) is 9.52. The van der Waals surface area contributed by atoms with Crippen molar-refractivity contribution in [1.29, 1.82) is 0 Å². The zero-order valence-electron chi connectivity index (χ0n) is 10.3. The van der Waals surface area contributed by atoms with Crippen LogP contribution >= 0.6 is 31.9 Å². The summed E-state index contributed by atoms with van der Waals surface area (Å²) in [5.74, 6) is 0.172. The summed E-state index contributed by atoms with van der Waals surface area (Å²) in [5, 5.41) is 9.10. The molecule has 0 aliphatic carbocycles. The van der Waals surface area contributed by atoms with Crippen molar-refractivity contribution >= 4 is 37.8 Å². The number of carboxylic acid groups (broad SMARTS) is 1. The van der Waals surface area contributed by atoms with Crippen LogP contribution in [0.1, 0.15) is 10.4 Å². The molecule has 2 rings (SSSR count). The number of nitrogens with zero attached hydrogens (tertiary/aromatic N) is 1. The maximum Gasteiger partial charge on any atom is 0.339 e. The molecule has 104 valence electrons. The van der Waals surface area contributed by atoms with Gasteiger partial charge in [-0.3, -0.25) is 4.98 Å². The second-order valence-corrected chi connectivity index (χ2v) is 5.40. The van der Waals surface area contributed by atoms with Crippen LogP contribution in [-0.4, -0.2) is 23.2 Å². The van der Waals surface area contributed by atoms with E-state index in [9.17, 15) is 4.79 Å². The van der Waals surface area contributed by atoms with Gasteiger partial charge >= 0.3 is 5.97 Å².